The molecule has 0 amide bonds. The molecule has 138 valence electrons. The fourth-order valence-corrected chi connectivity index (χ4v) is 3.81. The monoisotopic (exact) mass is 391 g/mol. The summed E-state index contributed by atoms with van der Waals surface area (Å²) in [5, 5.41) is 10.4. The fraction of sp³-hybridized carbons (Fsp3) is 0.350. The van der Waals surface area contributed by atoms with Crippen LogP contribution in [0.25, 0.3) is 11.0 Å². The number of imidazole rings is 1. The van der Waals surface area contributed by atoms with Gasteiger partial charge in [0.2, 0.25) is 0 Å². The number of aliphatic hydroxyl groups excluding tert-OH is 1. The average Bonchev–Trinajstić information content (AvgIpc) is 3.22. The Hall–Kier alpha value is -1.59. The van der Waals surface area contributed by atoms with Crippen LogP contribution in [0.4, 0.5) is 0 Å². The Morgan fingerprint density at radius 2 is 1.85 bits per heavy atom. The number of aliphatic hydroxyl groups is 1. The van der Waals surface area contributed by atoms with E-state index in [9.17, 15) is 5.11 Å². The SMILES string of the molecule is Cl.OC[C@H]1CCCN1Cc1nc2ccccc2n1Cc1ccc(Cl)cc1. The highest BCUT2D eigenvalue weighted by Crippen LogP contribution is 2.23. The first-order chi connectivity index (χ1) is 12.2. The van der Waals surface area contributed by atoms with Crippen LogP contribution in [0.15, 0.2) is 48.5 Å². The largest absolute Gasteiger partial charge is 0.395 e. The van der Waals surface area contributed by atoms with Gasteiger partial charge in [0, 0.05) is 17.6 Å². The number of halogens is 2. The fourth-order valence-electron chi connectivity index (χ4n) is 3.69. The molecule has 0 saturated carbocycles. The van der Waals surface area contributed by atoms with Gasteiger partial charge < -0.3 is 9.67 Å². The summed E-state index contributed by atoms with van der Waals surface area (Å²) in [7, 11) is 0. The Labute approximate surface area is 164 Å². The van der Waals surface area contributed by atoms with E-state index in [-0.39, 0.29) is 25.1 Å². The lowest BCUT2D eigenvalue weighted by atomic mass is 10.2. The van der Waals surface area contributed by atoms with Crippen LogP contribution in [0.2, 0.25) is 5.02 Å². The lowest BCUT2D eigenvalue weighted by Crippen LogP contribution is -2.32. The Kier molecular flexibility index (Phi) is 6.20. The van der Waals surface area contributed by atoms with Crippen LogP contribution in [-0.4, -0.2) is 38.8 Å². The van der Waals surface area contributed by atoms with Gasteiger partial charge in [-0.15, -0.1) is 12.4 Å². The summed E-state index contributed by atoms with van der Waals surface area (Å²) in [5.41, 5.74) is 3.37. The zero-order valence-corrected chi connectivity index (χ0v) is 16.1. The van der Waals surface area contributed by atoms with Crippen molar-refractivity contribution in [1.29, 1.82) is 0 Å². The molecule has 0 aliphatic carbocycles. The summed E-state index contributed by atoms with van der Waals surface area (Å²) < 4.78 is 2.28. The van der Waals surface area contributed by atoms with E-state index in [1.165, 1.54) is 5.56 Å². The number of benzene rings is 2. The van der Waals surface area contributed by atoms with Crippen LogP contribution in [0, 0.1) is 0 Å². The van der Waals surface area contributed by atoms with Gasteiger partial charge in [0.05, 0.1) is 24.2 Å². The standard InChI is InChI=1S/C20H22ClN3O.ClH/c21-16-9-7-15(8-10-16)12-24-19-6-2-1-5-18(19)22-20(24)13-23-11-3-4-17(23)14-25;/h1-2,5-10,17,25H,3-4,11-14H2;1H/t17-;/m1./s1. The molecule has 2 heterocycles. The van der Waals surface area contributed by atoms with Crippen molar-refractivity contribution in [2.75, 3.05) is 13.2 Å². The predicted molar refractivity (Wildman–Crippen MR) is 108 cm³/mol. The molecular weight excluding hydrogens is 369 g/mol. The van der Waals surface area contributed by atoms with E-state index in [1.54, 1.807) is 0 Å². The maximum atomic E-state index is 9.60. The molecule has 6 heteroatoms. The van der Waals surface area contributed by atoms with Gasteiger partial charge >= 0.3 is 0 Å². The molecule has 0 radical (unpaired) electrons. The van der Waals surface area contributed by atoms with Gasteiger partial charge in [0.15, 0.2) is 0 Å². The lowest BCUT2D eigenvalue weighted by molar-refractivity contribution is 0.150. The van der Waals surface area contributed by atoms with Crippen LogP contribution in [0.1, 0.15) is 24.2 Å². The molecular formula is C20H23Cl2N3O. The van der Waals surface area contributed by atoms with Crippen molar-refractivity contribution in [3.63, 3.8) is 0 Å². The highest BCUT2D eigenvalue weighted by atomic mass is 35.5. The van der Waals surface area contributed by atoms with Crippen molar-refractivity contribution in [3.8, 4) is 0 Å². The van der Waals surface area contributed by atoms with E-state index in [0.717, 1.165) is 54.4 Å². The molecule has 1 fully saturated rings. The molecule has 1 aromatic heterocycles. The summed E-state index contributed by atoms with van der Waals surface area (Å²) in [6.07, 6.45) is 2.20. The molecule has 0 bridgehead atoms. The molecule has 1 aliphatic rings. The van der Waals surface area contributed by atoms with Crippen LogP contribution < -0.4 is 0 Å². The molecule has 1 N–H and O–H groups in total. The molecule has 0 spiro atoms. The minimum atomic E-state index is 0. The van der Waals surface area contributed by atoms with Crippen molar-refractivity contribution < 1.29 is 5.11 Å². The van der Waals surface area contributed by atoms with Crippen molar-refractivity contribution in [1.82, 2.24) is 14.5 Å². The van der Waals surface area contributed by atoms with E-state index in [2.05, 4.69) is 39.8 Å². The van der Waals surface area contributed by atoms with Gasteiger partial charge in [-0.25, -0.2) is 4.98 Å². The van der Waals surface area contributed by atoms with Gasteiger partial charge in [0.1, 0.15) is 5.82 Å². The normalized spacial score (nSPS) is 17.5. The molecule has 4 rings (SSSR count). The van der Waals surface area contributed by atoms with Crippen molar-refractivity contribution in [2.24, 2.45) is 0 Å². The van der Waals surface area contributed by atoms with Gasteiger partial charge in [0.25, 0.3) is 0 Å². The van der Waals surface area contributed by atoms with Gasteiger partial charge in [-0.1, -0.05) is 35.9 Å². The van der Waals surface area contributed by atoms with E-state index in [1.807, 2.05) is 18.2 Å². The molecule has 4 nitrogen and oxygen atoms in total. The molecule has 26 heavy (non-hydrogen) atoms. The van der Waals surface area contributed by atoms with Crippen molar-refractivity contribution >= 4 is 35.0 Å². The second-order valence-electron chi connectivity index (χ2n) is 6.68. The predicted octanol–water partition coefficient (Wildman–Crippen LogP) is 4.12. The molecule has 0 unspecified atom stereocenters. The second-order valence-corrected chi connectivity index (χ2v) is 7.11. The molecule has 1 saturated heterocycles. The number of nitrogens with zero attached hydrogens (tertiary/aromatic N) is 3. The summed E-state index contributed by atoms with van der Waals surface area (Å²) in [4.78, 5) is 7.22. The maximum Gasteiger partial charge on any atom is 0.124 e. The summed E-state index contributed by atoms with van der Waals surface area (Å²) in [6, 6.07) is 16.5. The molecule has 3 aromatic rings. The highest BCUT2D eigenvalue weighted by Gasteiger charge is 2.25. The van der Waals surface area contributed by atoms with Crippen LogP contribution in [0.5, 0.6) is 0 Å². The molecule has 1 atom stereocenters. The minimum Gasteiger partial charge on any atom is -0.395 e. The Morgan fingerprint density at radius 1 is 1.08 bits per heavy atom. The summed E-state index contributed by atoms with van der Waals surface area (Å²) in [6.45, 7) is 2.78. The van der Waals surface area contributed by atoms with E-state index in [0.29, 0.717) is 0 Å². The van der Waals surface area contributed by atoms with Gasteiger partial charge in [-0.2, -0.15) is 0 Å². The number of rotatable bonds is 5. The van der Waals surface area contributed by atoms with Crippen LogP contribution in [-0.2, 0) is 13.1 Å². The third-order valence-electron chi connectivity index (χ3n) is 5.04. The quantitative estimate of drug-likeness (QED) is 0.710. The van der Waals surface area contributed by atoms with Gasteiger partial charge in [-0.3, -0.25) is 4.90 Å². The zero-order valence-electron chi connectivity index (χ0n) is 14.5. The smallest absolute Gasteiger partial charge is 0.124 e. The summed E-state index contributed by atoms with van der Waals surface area (Å²) in [5.74, 6) is 1.05. The number of hydrogen-bond acceptors (Lipinski definition) is 3. The van der Waals surface area contributed by atoms with Crippen molar-refractivity contribution in [3.05, 3.63) is 64.9 Å². The lowest BCUT2D eigenvalue weighted by Gasteiger charge is -2.22. The number of para-hydroxylation sites is 2. The third kappa shape index (κ3) is 3.89. The van der Waals surface area contributed by atoms with Crippen LogP contribution in [0.3, 0.4) is 0 Å². The number of likely N-dealkylation sites (tertiary alicyclic amines) is 1. The first-order valence-corrected chi connectivity index (χ1v) is 9.16. The van der Waals surface area contributed by atoms with E-state index < -0.39 is 0 Å². The zero-order chi connectivity index (χ0) is 17.2. The first-order valence-electron chi connectivity index (χ1n) is 8.78. The summed E-state index contributed by atoms with van der Waals surface area (Å²) >= 11 is 6.02. The molecule has 2 aromatic carbocycles. The maximum absolute atomic E-state index is 9.60. The topological polar surface area (TPSA) is 41.3 Å². The third-order valence-corrected chi connectivity index (χ3v) is 5.29. The number of hydrogen-bond donors (Lipinski definition) is 1. The second kappa shape index (κ2) is 8.40. The van der Waals surface area contributed by atoms with Crippen molar-refractivity contribution in [2.45, 2.75) is 32.0 Å². The molecule has 1 aliphatic heterocycles. The van der Waals surface area contributed by atoms with E-state index >= 15 is 0 Å². The number of fused-ring (bicyclic) bond motifs is 1. The first kappa shape index (κ1) is 19.2. The van der Waals surface area contributed by atoms with Gasteiger partial charge in [-0.05, 0) is 49.2 Å². The Morgan fingerprint density at radius 3 is 2.62 bits per heavy atom. The van der Waals surface area contributed by atoms with E-state index in [4.69, 9.17) is 16.6 Å². The Bertz CT molecular complexity index is 863. The minimum absolute atomic E-state index is 0. The Balaban J connectivity index is 0.00000196. The highest BCUT2D eigenvalue weighted by molar-refractivity contribution is 6.30. The number of aromatic nitrogens is 2. The average molecular weight is 392 g/mol. The van der Waals surface area contributed by atoms with Crippen LogP contribution >= 0.6 is 24.0 Å².